The fourth-order valence-corrected chi connectivity index (χ4v) is 8.42. The molecule has 0 rings (SSSR count). The van der Waals surface area contributed by atoms with Gasteiger partial charge in [0.05, 0.1) is 0 Å². The van der Waals surface area contributed by atoms with Crippen LogP contribution in [0.25, 0.3) is 0 Å². The first-order valence-electron chi connectivity index (χ1n) is 30.0. The van der Waals surface area contributed by atoms with E-state index in [9.17, 15) is 14.4 Å². The van der Waals surface area contributed by atoms with E-state index >= 15 is 0 Å². The van der Waals surface area contributed by atoms with Gasteiger partial charge in [0.2, 0.25) is 0 Å². The minimum Gasteiger partial charge on any atom is -0.462 e. The average Bonchev–Trinajstić information content (AvgIpc) is 3.36. The van der Waals surface area contributed by atoms with Crippen molar-refractivity contribution in [3.8, 4) is 0 Å². The van der Waals surface area contributed by atoms with Gasteiger partial charge in [0.1, 0.15) is 13.2 Å². The molecule has 0 spiro atoms. The molecule has 6 heteroatoms. The molecule has 0 heterocycles. The molecule has 404 valence electrons. The fraction of sp³-hybridized carbons (Fsp3) is 0.766. The Bertz CT molecular complexity index is 1310. The summed E-state index contributed by atoms with van der Waals surface area (Å²) in [5.41, 5.74) is 0. The number of unbranched alkanes of at least 4 members (excludes halogenated alkanes) is 34. The van der Waals surface area contributed by atoms with Crippen molar-refractivity contribution in [3.63, 3.8) is 0 Å². The lowest BCUT2D eigenvalue weighted by Crippen LogP contribution is -2.30. The van der Waals surface area contributed by atoms with Gasteiger partial charge in [-0.1, -0.05) is 254 Å². The zero-order chi connectivity index (χ0) is 50.7. The highest BCUT2D eigenvalue weighted by atomic mass is 16.6. The van der Waals surface area contributed by atoms with Crippen LogP contribution in [-0.4, -0.2) is 37.2 Å². The number of hydrogen-bond acceptors (Lipinski definition) is 6. The summed E-state index contributed by atoms with van der Waals surface area (Å²) in [6, 6.07) is 0. The topological polar surface area (TPSA) is 78.9 Å². The summed E-state index contributed by atoms with van der Waals surface area (Å²) in [4.78, 5) is 38.2. The van der Waals surface area contributed by atoms with E-state index in [0.717, 1.165) is 83.5 Å². The Labute approximate surface area is 433 Å². The third-order valence-corrected chi connectivity index (χ3v) is 13.0. The van der Waals surface area contributed by atoms with Crippen molar-refractivity contribution in [1.82, 2.24) is 0 Å². The summed E-state index contributed by atoms with van der Waals surface area (Å²) in [5.74, 6) is -0.907. The summed E-state index contributed by atoms with van der Waals surface area (Å²) in [6.07, 6.45) is 74.6. The van der Waals surface area contributed by atoms with Crippen LogP contribution in [0.4, 0.5) is 0 Å². The molecule has 1 unspecified atom stereocenters. The van der Waals surface area contributed by atoms with E-state index in [2.05, 4.69) is 93.7 Å². The molecule has 0 amide bonds. The predicted octanol–water partition coefficient (Wildman–Crippen LogP) is 20.2. The summed E-state index contributed by atoms with van der Waals surface area (Å²) >= 11 is 0. The Hall–Kier alpha value is -3.15. The van der Waals surface area contributed by atoms with E-state index in [1.807, 2.05) is 0 Å². The minimum absolute atomic E-state index is 0.0867. The summed E-state index contributed by atoms with van der Waals surface area (Å²) < 4.78 is 16.9. The van der Waals surface area contributed by atoms with Crippen LogP contribution < -0.4 is 0 Å². The lowest BCUT2D eigenvalue weighted by atomic mass is 10.1. The highest BCUT2D eigenvalue weighted by Gasteiger charge is 2.19. The Morgan fingerprint density at radius 1 is 0.286 bits per heavy atom. The molecule has 0 aromatic rings. The van der Waals surface area contributed by atoms with E-state index in [1.165, 1.54) is 173 Å². The second-order valence-corrected chi connectivity index (χ2v) is 20.0. The maximum atomic E-state index is 12.9. The van der Waals surface area contributed by atoms with Gasteiger partial charge in [-0.2, -0.15) is 0 Å². The van der Waals surface area contributed by atoms with Crippen LogP contribution in [0.2, 0.25) is 0 Å². The third kappa shape index (κ3) is 55.8. The molecule has 70 heavy (non-hydrogen) atoms. The minimum atomic E-state index is -0.791. The van der Waals surface area contributed by atoms with E-state index in [1.54, 1.807) is 0 Å². The molecular formula is C64H112O6. The van der Waals surface area contributed by atoms with Gasteiger partial charge >= 0.3 is 17.9 Å². The van der Waals surface area contributed by atoms with E-state index in [-0.39, 0.29) is 31.1 Å². The molecule has 0 N–H and O–H groups in total. The van der Waals surface area contributed by atoms with E-state index in [4.69, 9.17) is 14.2 Å². The monoisotopic (exact) mass is 977 g/mol. The van der Waals surface area contributed by atoms with Crippen LogP contribution in [0.1, 0.15) is 297 Å². The number of hydrogen-bond donors (Lipinski definition) is 0. The van der Waals surface area contributed by atoms with Crippen molar-refractivity contribution in [1.29, 1.82) is 0 Å². The number of rotatable bonds is 54. The molecule has 0 aromatic carbocycles. The van der Waals surface area contributed by atoms with E-state index < -0.39 is 6.10 Å². The Balaban J connectivity index is 4.41. The first-order chi connectivity index (χ1) is 34.5. The van der Waals surface area contributed by atoms with Gasteiger partial charge in [-0.3, -0.25) is 14.4 Å². The highest BCUT2D eigenvalue weighted by Crippen LogP contribution is 2.15. The van der Waals surface area contributed by atoms with Gasteiger partial charge in [0.15, 0.2) is 6.10 Å². The normalized spacial score (nSPS) is 12.6. The number of carbonyl (C=O) groups is 3. The molecule has 0 radical (unpaired) electrons. The quantitative estimate of drug-likeness (QED) is 0.0261. The van der Waals surface area contributed by atoms with Gasteiger partial charge in [0, 0.05) is 19.3 Å². The van der Waals surface area contributed by atoms with Crippen molar-refractivity contribution in [2.24, 2.45) is 0 Å². The Morgan fingerprint density at radius 3 is 0.786 bits per heavy atom. The van der Waals surface area contributed by atoms with Crippen LogP contribution >= 0.6 is 0 Å². The van der Waals surface area contributed by atoms with Crippen molar-refractivity contribution in [2.75, 3.05) is 13.2 Å². The van der Waals surface area contributed by atoms with Crippen molar-refractivity contribution in [2.45, 2.75) is 303 Å². The largest absolute Gasteiger partial charge is 0.462 e. The Kier molecular flexibility index (Phi) is 55.8. The van der Waals surface area contributed by atoms with Crippen molar-refractivity contribution >= 4 is 17.9 Å². The Morgan fingerprint density at radius 2 is 0.500 bits per heavy atom. The number of allylic oxidation sites excluding steroid dienone is 12. The fourth-order valence-electron chi connectivity index (χ4n) is 8.42. The maximum Gasteiger partial charge on any atom is 0.306 e. The van der Waals surface area contributed by atoms with Gasteiger partial charge in [-0.15, -0.1) is 0 Å². The first kappa shape index (κ1) is 66.9. The zero-order valence-electron chi connectivity index (χ0n) is 46.3. The molecule has 6 nitrogen and oxygen atoms in total. The summed E-state index contributed by atoms with van der Waals surface area (Å²) in [6.45, 7) is 6.58. The van der Waals surface area contributed by atoms with Crippen LogP contribution in [0, 0.1) is 0 Å². The van der Waals surface area contributed by atoms with Crippen molar-refractivity contribution in [3.05, 3.63) is 72.9 Å². The number of carbonyl (C=O) groups excluding carboxylic acids is 3. The molecule has 0 aromatic heterocycles. The maximum absolute atomic E-state index is 12.9. The molecule has 0 saturated carbocycles. The SMILES string of the molecule is CCCCC/C=C\C=C/CCCCCCCCCCCCC(=O)OCC(COC(=O)CCCCCCCC/C=C\C=C/CCCCC)OC(=O)CCCCCCC/C=C\C=C/CCCCCCCCC. The zero-order valence-corrected chi connectivity index (χ0v) is 46.3. The second-order valence-electron chi connectivity index (χ2n) is 20.0. The van der Waals surface area contributed by atoms with E-state index in [0.29, 0.717) is 19.3 Å². The second kappa shape index (κ2) is 58.4. The average molecular weight is 978 g/mol. The molecule has 0 aliphatic heterocycles. The highest BCUT2D eigenvalue weighted by molar-refractivity contribution is 5.71. The third-order valence-electron chi connectivity index (χ3n) is 13.0. The van der Waals surface area contributed by atoms with Gasteiger partial charge in [-0.25, -0.2) is 0 Å². The van der Waals surface area contributed by atoms with Crippen molar-refractivity contribution < 1.29 is 28.6 Å². The van der Waals surface area contributed by atoms with Crippen LogP contribution in [0.5, 0.6) is 0 Å². The summed E-state index contributed by atoms with van der Waals surface area (Å²) in [7, 11) is 0. The standard InChI is InChI=1S/C64H112O6/c1-4-7-10-13-16-19-22-25-28-30-32-34-36-39-42-45-48-51-54-57-63(66)69-60-61(59-68-62(65)56-53-50-47-44-41-38-35-27-24-21-18-15-12-9-6-3)70-64(67)58-55-52-49-46-43-40-37-33-31-29-26-23-20-17-14-11-8-5-2/h16,18-19,21-22,24-25,27,29,31,33,37,61H,4-15,17,20,23,26,28,30,32,34-36,38-60H2,1-3H3/b19-16-,21-18-,25-22-,27-24-,31-29-,37-33-. The first-order valence-corrected chi connectivity index (χ1v) is 30.0. The molecule has 0 aliphatic carbocycles. The number of ether oxygens (including phenoxy) is 3. The van der Waals surface area contributed by atoms with Gasteiger partial charge in [0.25, 0.3) is 0 Å². The molecule has 0 fully saturated rings. The smallest absolute Gasteiger partial charge is 0.306 e. The van der Waals surface area contributed by atoms with Crippen LogP contribution in [-0.2, 0) is 28.6 Å². The van der Waals surface area contributed by atoms with Gasteiger partial charge < -0.3 is 14.2 Å². The molecule has 0 bridgehead atoms. The molecule has 0 saturated heterocycles. The predicted molar refractivity (Wildman–Crippen MR) is 302 cm³/mol. The van der Waals surface area contributed by atoms with Gasteiger partial charge in [-0.05, 0) is 96.3 Å². The lowest BCUT2D eigenvalue weighted by Gasteiger charge is -2.18. The number of esters is 3. The van der Waals surface area contributed by atoms with Crippen LogP contribution in [0.3, 0.4) is 0 Å². The molecular weight excluding hydrogens is 865 g/mol. The molecule has 0 aliphatic rings. The molecule has 1 atom stereocenters. The van der Waals surface area contributed by atoms with Crippen LogP contribution in [0.15, 0.2) is 72.9 Å². The lowest BCUT2D eigenvalue weighted by molar-refractivity contribution is -0.167. The summed E-state index contributed by atoms with van der Waals surface area (Å²) in [5, 5.41) is 0.